The van der Waals surface area contributed by atoms with Crippen LogP contribution in [0.2, 0.25) is 0 Å². The average molecular weight is 361 g/mol. The molecular weight excluding hydrogens is 347 g/mol. The van der Waals surface area contributed by atoms with Crippen LogP contribution >= 0.6 is 23.5 Å². The largest absolute Gasteiger partial charge is 0.468 e. The van der Waals surface area contributed by atoms with E-state index in [0.29, 0.717) is 17.9 Å². The number of alkyl halides is 3. The molecule has 1 heterocycles. The molecule has 0 saturated carbocycles. The molecule has 0 bridgehead atoms. The molecular formula is C15H14F3NO2S2. The van der Waals surface area contributed by atoms with E-state index in [0.717, 1.165) is 11.5 Å². The first-order valence-electron chi connectivity index (χ1n) is 6.68. The summed E-state index contributed by atoms with van der Waals surface area (Å²) in [4.78, 5) is 11.9. The number of hydrogen-bond donors (Lipinski definition) is 1. The van der Waals surface area contributed by atoms with Crippen LogP contribution in [-0.2, 0) is 5.75 Å². The topological polar surface area (TPSA) is 42.2 Å². The Morgan fingerprint density at radius 2 is 1.91 bits per heavy atom. The van der Waals surface area contributed by atoms with Gasteiger partial charge >= 0.3 is 5.51 Å². The van der Waals surface area contributed by atoms with Crippen molar-refractivity contribution in [1.29, 1.82) is 0 Å². The zero-order valence-electron chi connectivity index (χ0n) is 11.9. The van der Waals surface area contributed by atoms with Crippen molar-refractivity contribution in [1.82, 2.24) is 5.32 Å². The first-order valence-corrected chi connectivity index (χ1v) is 8.65. The number of amides is 1. The van der Waals surface area contributed by atoms with Gasteiger partial charge in [-0.2, -0.15) is 24.9 Å². The summed E-state index contributed by atoms with van der Waals surface area (Å²) >= 11 is 1.42. The minimum Gasteiger partial charge on any atom is -0.468 e. The van der Waals surface area contributed by atoms with Crippen LogP contribution in [0.15, 0.2) is 52.0 Å². The van der Waals surface area contributed by atoms with E-state index in [-0.39, 0.29) is 22.6 Å². The molecule has 0 aliphatic rings. The van der Waals surface area contributed by atoms with Gasteiger partial charge in [-0.15, -0.1) is 0 Å². The summed E-state index contributed by atoms with van der Waals surface area (Å²) in [6.45, 7) is 0.475. The number of carbonyl (C=O) groups excluding carboxylic acids is 1. The maximum absolute atomic E-state index is 12.2. The summed E-state index contributed by atoms with van der Waals surface area (Å²) in [5.41, 5.74) is -3.98. The molecule has 0 saturated heterocycles. The van der Waals surface area contributed by atoms with Crippen molar-refractivity contribution in [2.24, 2.45) is 0 Å². The highest BCUT2D eigenvalue weighted by molar-refractivity contribution is 8.00. The number of furan rings is 1. The van der Waals surface area contributed by atoms with Gasteiger partial charge in [-0.05, 0) is 48.2 Å². The summed E-state index contributed by atoms with van der Waals surface area (Å²) in [5.74, 6) is 2.02. The van der Waals surface area contributed by atoms with Gasteiger partial charge in [0.05, 0.1) is 12.0 Å². The zero-order valence-corrected chi connectivity index (χ0v) is 13.6. The van der Waals surface area contributed by atoms with Crippen LogP contribution in [0.1, 0.15) is 16.1 Å². The molecule has 0 atom stereocenters. The van der Waals surface area contributed by atoms with Crippen molar-refractivity contribution in [3.8, 4) is 0 Å². The van der Waals surface area contributed by atoms with Gasteiger partial charge < -0.3 is 9.73 Å². The molecule has 23 heavy (non-hydrogen) atoms. The number of benzene rings is 1. The number of nitrogens with one attached hydrogen (secondary N) is 1. The van der Waals surface area contributed by atoms with Gasteiger partial charge in [0.25, 0.3) is 5.91 Å². The molecule has 8 heteroatoms. The van der Waals surface area contributed by atoms with E-state index in [9.17, 15) is 18.0 Å². The van der Waals surface area contributed by atoms with Crippen LogP contribution in [0.3, 0.4) is 0 Å². The fraction of sp³-hybridized carbons (Fsp3) is 0.267. The maximum atomic E-state index is 12.2. The minimum atomic E-state index is -4.32. The molecule has 0 unspecified atom stereocenters. The second-order valence-electron chi connectivity index (χ2n) is 4.46. The molecule has 124 valence electrons. The van der Waals surface area contributed by atoms with E-state index in [1.165, 1.54) is 24.3 Å². The lowest BCUT2D eigenvalue weighted by atomic mass is 10.2. The quantitative estimate of drug-likeness (QED) is 0.580. The van der Waals surface area contributed by atoms with E-state index < -0.39 is 5.51 Å². The normalized spacial score (nSPS) is 11.4. The molecule has 0 spiro atoms. The van der Waals surface area contributed by atoms with Crippen molar-refractivity contribution in [3.63, 3.8) is 0 Å². The van der Waals surface area contributed by atoms with E-state index >= 15 is 0 Å². The van der Waals surface area contributed by atoms with Crippen molar-refractivity contribution in [3.05, 3.63) is 54.0 Å². The number of hydrogen-bond acceptors (Lipinski definition) is 4. The Balaban J connectivity index is 1.70. The summed E-state index contributed by atoms with van der Waals surface area (Å²) in [7, 11) is 0. The van der Waals surface area contributed by atoms with Crippen molar-refractivity contribution in [2.75, 3.05) is 12.3 Å². The molecule has 3 nitrogen and oxygen atoms in total. The average Bonchev–Trinajstić information content (AvgIpc) is 2.99. The van der Waals surface area contributed by atoms with Crippen LogP contribution in [0.25, 0.3) is 0 Å². The fourth-order valence-corrected chi connectivity index (χ4v) is 3.01. The van der Waals surface area contributed by atoms with Gasteiger partial charge in [-0.1, -0.05) is 0 Å². The van der Waals surface area contributed by atoms with Crippen LogP contribution < -0.4 is 5.32 Å². The lowest BCUT2D eigenvalue weighted by Gasteiger charge is -2.07. The van der Waals surface area contributed by atoms with Crippen LogP contribution in [-0.4, -0.2) is 23.7 Å². The van der Waals surface area contributed by atoms with Crippen LogP contribution in [0, 0.1) is 0 Å². The number of halogens is 3. The molecule has 1 amide bonds. The first-order chi connectivity index (χ1) is 10.9. The Labute approximate surface area is 140 Å². The second kappa shape index (κ2) is 8.35. The molecule has 1 N–H and O–H groups in total. The molecule has 2 aromatic rings. The van der Waals surface area contributed by atoms with Crippen molar-refractivity contribution >= 4 is 29.4 Å². The van der Waals surface area contributed by atoms with E-state index in [1.807, 2.05) is 12.1 Å². The predicted molar refractivity (Wildman–Crippen MR) is 85.6 cm³/mol. The van der Waals surface area contributed by atoms with Gasteiger partial charge in [0.2, 0.25) is 0 Å². The molecule has 0 aliphatic heterocycles. The number of carbonyl (C=O) groups is 1. The SMILES string of the molecule is O=C(NCCSCc1ccco1)c1ccc(SC(F)(F)F)cc1. The highest BCUT2D eigenvalue weighted by Crippen LogP contribution is 2.36. The second-order valence-corrected chi connectivity index (χ2v) is 6.70. The van der Waals surface area contributed by atoms with E-state index in [2.05, 4.69) is 5.32 Å². The Morgan fingerprint density at radius 1 is 1.17 bits per heavy atom. The Hall–Kier alpha value is -1.54. The molecule has 0 radical (unpaired) electrons. The number of thioether (sulfide) groups is 2. The summed E-state index contributed by atoms with van der Waals surface area (Å²) in [5, 5.41) is 2.73. The van der Waals surface area contributed by atoms with Crippen LogP contribution in [0.5, 0.6) is 0 Å². The third kappa shape index (κ3) is 6.62. The highest BCUT2D eigenvalue weighted by Gasteiger charge is 2.29. The van der Waals surface area contributed by atoms with Gasteiger partial charge in [0.1, 0.15) is 5.76 Å². The Morgan fingerprint density at radius 3 is 2.52 bits per heavy atom. The van der Waals surface area contributed by atoms with Gasteiger partial charge in [0.15, 0.2) is 0 Å². The van der Waals surface area contributed by atoms with E-state index in [1.54, 1.807) is 18.0 Å². The zero-order chi connectivity index (χ0) is 16.7. The Kier molecular flexibility index (Phi) is 6.47. The molecule has 1 aromatic carbocycles. The summed E-state index contributed by atoms with van der Waals surface area (Å²) in [6, 6.07) is 9.06. The summed E-state index contributed by atoms with van der Waals surface area (Å²) in [6.07, 6.45) is 1.61. The first kappa shape index (κ1) is 17.8. The number of rotatable bonds is 7. The summed E-state index contributed by atoms with van der Waals surface area (Å²) < 4.78 is 41.8. The standard InChI is InChI=1S/C15H14F3NO2S2/c16-15(17,18)23-13-5-3-11(4-6-13)14(20)19-7-9-22-10-12-2-1-8-21-12/h1-6,8H,7,9-10H2,(H,19,20). The molecule has 2 rings (SSSR count). The van der Waals surface area contributed by atoms with E-state index in [4.69, 9.17) is 4.42 Å². The molecule has 0 fully saturated rings. The smallest absolute Gasteiger partial charge is 0.446 e. The van der Waals surface area contributed by atoms with Crippen LogP contribution in [0.4, 0.5) is 13.2 Å². The lowest BCUT2D eigenvalue weighted by molar-refractivity contribution is -0.0328. The molecule has 0 aliphatic carbocycles. The maximum Gasteiger partial charge on any atom is 0.446 e. The Bertz CT molecular complexity index is 613. The third-order valence-corrected chi connectivity index (χ3v) is 4.43. The third-order valence-electron chi connectivity index (χ3n) is 2.71. The molecule has 1 aromatic heterocycles. The van der Waals surface area contributed by atoms with Gasteiger partial charge in [-0.3, -0.25) is 4.79 Å². The van der Waals surface area contributed by atoms with Gasteiger partial charge in [-0.25, -0.2) is 0 Å². The minimum absolute atomic E-state index is 0.0584. The van der Waals surface area contributed by atoms with Gasteiger partial charge in [0, 0.05) is 22.8 Å². The highest BCUT2D eigenvalue weighted by atomic mass is 32.2. The van der Waals surface area contributed by atoms with Crippen molar-refractivity contribution in [2.45, 2.75) is 16.2 Å². The fourth-order valence-electron chi connectivity index (χ4n) is 1.71. The predicted octanol–water partition coefficient (Wildman–Crippen LogP) is 4.55. The van der Waals surface area contributed by atoms with Crippen molar-refractivity contribution < 1.29 is 22.4 Å². The monoisotopic (exact) mass is 361 g/mol. The lowest BCUT2D eigenvalue weighted by Crippen LogP contribution is -2.25.